The highest BCUT2D eigenvalue weighted by molar-refractivity contribution is 5.98. The molecular formula is C27H30O15. The largest absolute Gasteiger partial charge is 0.504 e. The Kier molecular flexibility index (Phi) is 8.30. The van der Waals surface area contributed by atoms with Crippen molar-refractivity contribution in [3.8, 4) is 34.1 Å². The number of rotatable bonds is 8. The van der Waals surface area contributed by atoms with Crippen LogP contribution in [0, 0.1) is 0 Å². The topological polar surface area (TPSA) is 238 Å². The molecule has 8 atom stereocenters. The molecule has 228 valence electrons. The van der Waals surface area contributed by atoms with Crippen LogP contribution in [0.1, 0.15) is 0 Å². The Morgan fingerprint density at radius 2 is 1.74 bits per heavy atom. The zero-order valence-electron chi connectivity index (χ0n) is 22.1. The van der Waals surface area contributed by atoms with Gasteiger partial charge in [0.05, 0.1) is 32.3 Å². The molecule has 3 heterocycles. The fourth-order valence-corrected chi connectivity index (χ4v) is 4.77. The second kappa shape index (κ2) is 11.6. The fourth-order valence-electron chi connectivity index (χ4n) is 4.77. The second-order valence-electron chi connectivity index (χ2n) is 10.0. The Bertz CT molecular complexity index is 1490. The SMILES string of the molecule is COc1cc(O[C@H]2O[C@@H](CO[C@H]3OC[C@@](O)(CO)[C@H]3O)[C@@H](O)[C@@H](O)[C@@H]2O)c2c(-c3ccc(O)c(O)c3)cc(=O)oc2c1. The molecule has 0 bridgehead atoms. The molecule has 0 saturated carbocycles. The molecule has 0 amide bonds. The van der Waals surface area contributed by atoms with Crippen LogP contribution in [0.3, 0.4) is 0 Å². The lowest BCUT2D eigenvalue weighted by molar-refractivity contribution is -0.289. The van der Waals surface area contributed by atoms with Crippen molar-refractivity contribution < 1.29 is 69.0 Å². The van der Waals surface area contributed by atoms with Gasteiger partial charge in [-0.2, -0.15) is 0 Å². The van der Waals surface area contributed by atoms with E-state index in [1.54, 1.807) is 0 Å². The van der Waals surface area contributed by atoms with Crippen LogP contribution in [-0.2, 0) is 14.2 Å². The molecule has 15 nitrogen and oxygen atoms in total. The van der Waals surface area contributed by atoms with Gasteiger partial charge in [0.1, 0.15) is 53.2 Å². The molecule has 5 rings (SSSR count). The summed E-state index contributed by atoms with van der Waals surface area (Å²) in [6.45, 7) is -1.71. The van der Waals surface area contributed by atoms with Gasteiger partial charge in [-0.25, -0.2) is 4.79 Å². The molecule has 0 radical (unpaired) electrons. The number of aliphatic hydroxyl groups is 6. The minimum absolute atomic E-state index is 0.00563. The maximum Gasteiger partial charge on any atom is 0.336 e. The van der Waals surface area contributed by atoms with E-state index in [-0.39, 0.29) is 33.8 Å². The van der Waals surface area contributed by atoms with Gasteiger partial charge in [-0.15, -0.1) is 0 Å². The molecule has 2 aromatic carbocycles. The summed E-state index contributed by atoms with van der Waals surface area (Å²) in [5.74, 6) is -0.712. The van der Waals surface area contributed by atoms with E-state index in [0.29, 0.717) is 5.56 Å². The van der Waals surface area contributed by atoms with Crippen molar-refractivity contribution in [1.82, 2.24) is 0 Å². The Balaban J connectivity index is 1.47. The van der Waals surface area contributed by atoms with Crippen molar-refractivity contribution in [2.75, 3.05) is 26.9 Å². The molecule has 0 unspecified atom stereocenters. The summed E-state index contributed by atoms with van der Waals surface area (Å²) >= 11 is 0. The number of phenolic OH excluding ortho intramolecular Hbond substituents is 2. The molecule has 2 fully saturated rings. The number of benzene rings is 2. The summed E-state index contributed by atoms with van der Waals surface area (Å²) in [6, 6.07) is 7.80. The van der Waals surface area contributed by atoms with Crippen LogP contribution in [0.25, 0.3) is 22.1 Å². The first-order valence-corrected chi connectivity index (χ1v) is 12.7. The molecule has 8 N–H and O–H groups in total. The van der Waals surface area contributed by atoms with E-state index in [9.17, 15) is 45.6 Å². The molecule has 2 saturated heterocycles. The Labute approximate surface area is 236 Å². The van der Waals surface area contributed by atoms with Gasteiger partial charge in [0.2, 0.25) is 6.29 Å². The summed E-state index contributed by atoms with van der Waals surface area (Å²) in [5.41, 5.74) is -2.20. The predicted octanol–water partition coefficient (Wildman–Crippen LogP) is -1.48. The highest BCUT2D eigenvalue weighted by atomic mass is 16.7. The van der Waals surface area contributed by atoms with Crippen molar-refractivity contribution in [3.63, 3.8) is 0 Å². The van der Waals surface area contributed by atoms with Crippen LogP contribution in [0.2, 0.25) is 0 Å². The second-order valence-corrected chi connectivity index (χ2v) is 10.0. The van der Waals surface area contributed by atoms with Crippen LogP contribution < -0.4 is 15.1 Å². The average Bonchev–Trinajstić information content (AvgIpc) is 3.26. The van der Waals surface area contributed by atoms with Crippen LogP contribution in [-0.4, -0.2) is 116 Å². The third-order valence-corrected chi connectivity index (χ3v) is 7.22. The van der Waals surface area contributed by atoms with Crippen LogP contribution in [0.5, 0.6) is 23.0 Å². The normalized spacial score (nSPS) is 31.4. The van der Waals surface area contributed by atoms with Gasteiger partial charge in [0.15, 0.2) is 17.8 Å². The Hall–Kier alpha value is -3.51. The number of methoxy groups -OCH3 is 1. The highest BCUT2D eigenvalue weighted by Gasteiger charge is 2.50. The lowest BCUT2D eigenvalue weighted by atomic mass is 9.98. The summed E-state index contributed by atoms with van der Waals surface area (Å²) < 4.78 is 32.9. The van der Waals surface area contributed by atoms with E-state index in [0.717, 1.165) is 6.07 Å². The maximum atomic E-state index is 12.4. The van der Waals surface area contributed by atoms with Crippen LogP contribution in [0.15, 0.2) is 45.6 Å². The minimum Gasteiger partial charge on any atom is -0.504 e. The van der Waals surface area contributed by atoms with E-state index in [2.05, 4.69) is 0 Å². The first kappa shape index (κ1) is 30.0. The van der Waals surface area contributed by atoms with E-state index in [1.807, 2.05) is 0 Å². The third-order valence-electron chi connectivity index (χ3n) is 7.22. The quantitative estimate of drug-likeness (QED) is 0.110. The molecule has 42 heavy (non-hydrogen) atoms. The zero-order chi connectivity index (χ0) is 30.3. The summed E-state index contributed by atoms with van der Waals surface area (Å²) in [4.78, 5) is 12.4. The van der Waals surface area contributed by atoms with Crippen molar-refractivity contribution in [3.05, 3.63) is 46.8 Å². The molecule has 15 heteroatoms. The Morgan fingerprint density at radius 1 is 0.976 bits per heavy atom. The van der Waals surface area contributed by atoms with E-state index >= 15 is 0 Å². The third kappa shape index (κ3) is 5.49. The van der Waals surface area contributed by atoms with E-state index in [1.165, 1.54) is 37.4 Å². The van der Waals surface area contributed by atoms with Crippen molar-refractivity contribution in [2.24, 2.45) is 0 Å². The smallest absolute Gasteiger partial charge is 0.336 e. The molecule has 2 aliphatic heterocycles. The average molecular weight is 595 g/mol. The zero-order valence-corrected chi connectivity index (χ0v) is 22.1. The predicted molar refractivity (Wildman–Crippen MR) is 139 cm³/mol. The summed E-state index contributed by atoms with van der Waals surface area (Å²) in [5, 5.41) is 81.5. The number of aromatic hydroxyl groups is 2. The standard InChI is InChI=1S/C27H30O15/c1-37-12-5-16-20(13(7-19(31)40-16)11-2-3-14(29)15(30)4-11)17(6-12)41-25-23(34)22(33)21(32)18(42-25)8-38-26-24(35)27(36,9-28)10-39-26/h2-7,18,21-26,28-30,32-36H,8-10H2,1H3/t18-,21+,22+,23-,24-,25-,26-,27-/m0/s1. The van der Waals surface area contributed by atoms with Crippen molar-refractivity contribution in [1.29, 1.82) is 0 Å². The summed E-state index contributed by atoms with van der Waals surface area (Å²) in [6.07, 6.45) is -11.2. The van der Waals surface area contributed by atoms with E-state index < -0.39 is 79.9 Å². The molecular weight excluding hydrogens is 564 g/mol. The van der Waals surface area contributed by atoms with Gasteiger partial charge < -0.3 is 69.0 Å². The summed E-state index contributed by atoms with van der Waals surface area (Å²) in [7, 11) is 1.35. The monoisotopic (exact) mass is 594 g/mol. The number of aliphatic hydroxyl groups excluding tert-OH is 5. The fraction of sp³-hybridized carbons (Fsp3) is 0.444. The highest BCUT2D eigenvalue weighted by Crippen LogP contribution is 2.41. The van der Waals surface area contributed by atoms with Gasteiger partial charge in [-0.05, 0) is 17.7 Å². The molecule has 3 aromatic rings. The first-order chi connectivity index (χ1) is 19.9. The lowest BCUT2D eigenvalue weighted by Crippen LogP contribution is -2.60. The molecule has 2 aliphatic rings. The van der Waals surface area contributed by atoms with Gasteiger partial charge >= 0.3 is 5.63 Å². The molecule has 0 spiro atoms. The van der Waals surface area contributed by atoms with E-state index in [4.69, 9.17) is 28.1 Å². The number of hydrogen-bond donors (Lipinski definition) is 8. The number of fused-ring (bicyclic) bond motifs is 1. The van der Waals surface area contributed by atoms with Crippen molar-refractivity contribution >= 4 is 11.0 Å². The number of hydrogen-bond acceptors (Lipinski definition) is 15. The van der Waals surface area contributed by atoms with Gasteiger partial charge in [0, 0.05) is 23.8 Å². The van der Waals surface area contributed by atoms with Gasteiger partial charge in [0.25, 0.3) is 0 Å². The molecule has 0 aliphatic carbocycles. The van der Waals surface area contributed by atoms with Gasteiger partial charge in [-0.1, -0.05) is 6.07 Å². The first-order valence-electron chi connectivity index (χ1n) is 12.7. The van der Waals surface area contributed by atoms with Gasteiger partial charge in [-0.3, -0.25) is 0 Å². The lowest BCUT2D eigenvalue weighted by Gasteiger charge is -2.40. The number of phenols is 2. The molecule has 1 aromatic heterocycles. The van der Waals surface area contributed by atoms with Crippen LogP contribution >= 0.6 is 0 Å². The van der Waals surface area contributed by atoms with Crippen LogP contribution in [0.4, 0.5) is 0 Å². The number of ether oxygens (including phenoxy) is 5. The van der Waals surface area contributed by atoms with Crippen molar-refractivity contribution in [2.45, 2.75) is 48.7 Å². The minimum atomic E-state index is -1.95. The Morgan fingerprint density at radius 3 is 2.40 bits per heavy atom. The maximum absolute atomic E-state index is 12.4.